The predicted molar refractivity (Wildman–Crippen MR) is 107 cm³/mol. The maximum atomic E-state index is 13.5. The van der Waals surface area contributed by atoms with Crippen molar-refractivity contribution < 1.29 is 14.0 Å². The Morgan fingerprint density at radius 1 is 0.964 bits per heavy atom. The van der Waals surface area contributed by atoms with Crippen molar-refractivity contribution in [2.45, 2.75) is 45.1 Å². The minimum Gasteiger partial charge on any atom is -0.356 e. The Labute approximate surface area is 165 Å². The lowest BCUT2D eigenvalue weighted by Crippen LogP contribution is -2.36. The number of nitrogens with zero attached hydrogens (tertiary/aromatic N) is 1. The quantitative estimate of drug-likeness (QED) is 0.709. The zero-order valence-electron chi connectivity index (χ0n) is 16.1. The van der Waals surface area contributed by atoms with E-state index >= 15 is 0 Å². The van der Waals surface area contributed by atoms with Crippen LogP contribution in [0.3, 0.4) is 0 Å². The molecule has 0 spiro atoms. The van der Waals surface area contributed by atoms with Crippen LogP contribution < -0.4 is 5.32 Å². The lowest BCUT2D eigenvalue weighted by Gasteiger charge is -2.29. The number of nitrogens with one attached hydrogen (secondary N) is 1. The Morgan fingerprint density at radius 2 is 1.71 bits per heavy atom. The molecule has 0 unspecified atom stereocenters. The Hall–Kier alpha value is -2.69. The molecule has 2 aromatic carbocycles. The topological polar surface area (TPSA) is 49.4 Å². The van der Waals surface area contributed by atoms with Crippen LogP contribution in [-0.4, -0.2) is 29.8 Å². The number of halogens is 1. The summed E-state index contributed by atoms with van der Waals surface area (Å²) in [5.74, 6) is -0.139. The highest BCUT2D eigenvalue weighted by Gasteiger charge is 2.20. The summed E-state index contributed by atoms with van der Waals surface area (Å²) in [7, 11) is 0. The second-order valence-corrected chi connectivity index (χ2v) is 7.23. The van der Waals surface area contributed by atoms with Gasteiger partial charge in [0.2, 0.25) is 11.8 Å². The number of hydrogen-bond donors (Lipinski definition) is 1. The molecule has 0 aliphatic carbocycles. The minimum atomic E-state index is -0.201. The van der Waals surface area contributed by atoms with Crippen LogP contribution >= 0.6 is 0 Å². The van der Waals surface area contributed by atoms with Crippen LogP contribution in [0.25, 0.3) is 0 Å². The zero-order valence-corrected chi connectivity index (χ0v) is 16.1. The molecule has 0 bridgehead atoms. The number of fused-ring (bicyclic) bond motifs is 1. The van der Waals surface area contributed by atoms with Crippen molar-refractivity contribution in [2.75, 3.05) is 13.1 Å². The van der Waals surface area contributed by atoms with Gasteiger partial charge in [-0.15, -0.1) is 0 Å². The molecule has 3 rings (SSSR count). The van der Waals surface area contributed by atoms with Crippen LogP contribution in [0.1, 0.15) is 42.4 Å². The highest BCUT2D eigenvalue weighted by atomic mass is 19.1. The van der Waals surface area contributed by atoms with Gasteiger partial charge in [-0.25, -0.2) is 4.39 Å². The first-order valence-corrected chi connectivity index (χ1v) is 9.98. The molecule has 1 N–H and O–H groups in total. The second kappa shape index (κ2) is 10.0. The molecule has 0 saturated heterocycles. The van der Waals surface area contributed by atoms with Crippen molar-refractivity contribution in [2.24, 2.45) is 0 Å². The van der Waals surface area contributed by atoms with Gasteiger partial charge in [-0.3, -0.25) is 9.59 Å². The third-order valence-corrected chi connectivity index (χ3v) is 5.18. The standard InChI is InChI=1S/C23H27FN2O2/c24-21-11-4-3-8-19(21)10-6-15-25-22(27)12-5-13-23(28)26-16-14-18-7-1-2-9-20(18)17-26/h1-4,7-9,11H,5-6,10,12-17H2,(H,25,27). The molecule has 0 aromatic heterocycles. The molecule has 1 aliphatic heterocycles. The molecule has 0 atom stereocenters. The number of amides is 2. The Bertz CT molecular complexity index is 822. The molecule has 0 fully saturated rings. The molecule has 4 nitrogen and oxygen atoms in total. The van der Waals surface area contributed by atoms with E-state index in [2.05, 4.69) is 17.4 Å². The fourth-order valence-corrected chi connectivity index (χ4v) is 3.56. The number of rotatable bonds is 8. The van der Waals surface area contributed by atoms with Gasteiger partial charge in [-0.1, -0.05) is 42.5 Å². The van der Waals surface area contributed by atoms with E-state index in [0.29, 0.717) is 50.8 Å². The van der Waals surface area contributed by atoms with Gasteiger partial charge >= 0.3 is 0 Å². The van der Waals surface area contributed by atoms with Gasteiger partial charge in [-0.2, -0.15) is 0 Å². The highest BCUT2D eigenvalue weighted by Crippen LogP contribution is 2.19. The highest BCUT2D eigenvalue weighted by molar-refractivity contribution is 5.79. The third-order valence-electron chi connectivity index (χ3n) is 5.18. The first-order valence-electron chi connectivity index (χ1n) is 9.98. The van der Waals surface area contributed by atoms with Gasteiger partial charge in [0.05, 0.1) is 0 Å². The summed E-state index contributed by atoms with van der Waals surface area (Å²) in [6, 6.07) is 14.9. The third kappa shape index (κ3) is 5.65. The summed E-state index contributed by atoms with van der Waals surface area (Å²) in [5, 5.41) is 2.85. The van der Waals surface area contributed by atoms with Gasteiger partial charge in [0.15, 0.2) is 0 Å². The summed E-state index contributed by atoms with van der Waals surface area (Å²) in [6.07, 6.45) is 3.47. The second-order valence-electron chi connectivity index (χ2n) is 7.23. The van der Waals surface area contributed by atoms with E-state index < -0.39 is 0 Å². The molecule has 2 aromatic rings. The molecule has 2 amide bonds. The van der Waals surface area contributed by atoms with E-state index in [4.69, 9.17) is 0 Å². The summed E-state index contributed by atoms with van der Waals surface area (Å²) >= 11 is 0. The molecule has 0 saturated carbocycles. The van der Waals surface area contributed by atoms with Crippen LogP contribution in [0, 0.1) is 5.82 Å². The summed E-state index contributed by atoms with van der Waals surface area (Å²) in [5.41, 5.74) is 3.21. The Kier molecular flexibility index (Phi) is 7.18. The monoisotopic (exact) mass is 382 g/mol. The van der Waals surface area contributed by atoms with Gasteiger partial charge < -0.3 is 10.2 Å². The van der Waals surface area contributed by atoms with Crippen molar-refractivity contribution in [1.29, 1.82) is 0 Å². The fourth-order valence-electron chi connectivity index (χ4n) is 3.56. The van der Waals surface area contributed by atoms with E-state index in [9.17, 15) is 14.0 Å². The Morgan fingerprint density at radius 3 is 2.54 bits per heavy atom. The van der Waals surface area contributed by atoms with Crippen molar-refractivity contribution in [3.63, 3.8) is 0 Å². The van der Waals surface area contributed by atoms with Gasteiger partial charge in [0.25, 0.3) is 0 Å². The molecular weight excluding hydrogens is 355 g/mol. The van der Waals surface area contributed by atoms with Gasteiger partial charge in [0.1, 0.15) is 5.82 Å². The molecule has 148 valence electrons. The number of carbonyl (C=O) groups is 2. The van der Waals surface area contributed by atoms with E-state index in [-0.39, 0.29) is 17.6 Å². The average molecular weight is 382 g/mol. The molecule has 5 heteroatoms. The van der Waals surface area contributed by atoms with E-state index in [1.165, 1.54) is 17.2 Å². The smallest absolute Gasteiger partial charge is 0.222 e. The molecule has 1 aliphatic rings. The van der Waals surface area contributed by atoms with E-state index in [0.717, 1.165) is 13.0 Å². The lowest BCUT2D eigenvalue weighted by atomic mass is 9.99. The maximum absolute atomic E-state index is 13.5. The first kappa shape index (κ1) is 20.1. The van der Waals surface area contributed by atoms with Crippen LogP contribution in [-0.2, 0) is 29.0 Å². The predicted octanol–water partition coefficient (Wildman–Crippen LogP) is 3.63. The van der Waals surface area contributed by atoms with Crippen LogP contribution in [0.4, 0.5) is 4.39 Å². The Balaban J connectivity index is 1.30. The normalized spacial score (nSPS) is 13.1. The number of aryl methyl sites for hydroxylation is 1. The van der Waals surface area contributed by atoms with Crippen LogP contribution in [0.15, 0.2) is 48.5 Å². The lowest BCUT2D eigenvalue weighted by molar-refractivity contribution is -0.132. The minimum absolute atomic E-state index is 0.0506. The number of hydrogen-bond acceptors (Lipinski definition) is 2. The van der Waals surface area contributed by atoms with Crippen LogP contribution in [0.5, 0.6) is 0 Å². The van der Waals surface area contributed by atoms with Crippen LogP contribution in [0.2, 0.25) is 0 Å². The molecule has 0 radical (unpaired) electrons. The summed E-state index contributed by atoms with van der Waals surface area (Å²) in [4.78, 5) is 26.2. The molecular formula is C23H27FN2O2. The first-order chi connectivity index (χ1) is 13.6. The largest absolute Gasteiger partial charge is 0.356 e. The summed E-state index contributed by atoms with van der Waals surface area (Å²) in [6.45, 7) is 1.93. The number of benzene rings is 2. The molecule has 1 heterocycles. The van der Waals surface area contributed by atoms with Crippen molar-refractivity contribution in [1.82, 2.24) is 10.2 Å². The SMILES string of the molecule is O=C(CCCC(=O)N1CCc2ccccc2C1)NCCCc1ccccc1F. The van der Waals surface area contributed by atoms with Crippen molar-refractivity contribution in [3.05, 3.63) is 71.0 Å². The van der Waals surface area contributed by atoms with E-state index in [1.807, 2.05) is 23.1 Å². The average Bonchev–Trinajstić information content (AvgIpc) is 2.72. The fraction of sp³-hybridized carbons (Fsp3) is 0.391. The zero-order chi connectivity index (χ0) is 19.8. The van der Waals surface area contributed by atoms with Gasteiger partial charge in [0, 0.05) is 32.5 Å². The summed E-state index contributed by atoms with van der Waals surface area (Å²) < 4.78 is 13.5. The van der Waals surface area contributed by atoms with Gasteiger partial charge in [-0.05, 0) is 48.4 Å². The van der Waals surface area contributed by atoms with Crippen molar-refractivity contribution >= 4 is 11.8 Å². The van der Waals surface area contributed by atoms with E-state index in [1.54, 1.807) is 12.1 Å². The molecule has 28 heavy (non-hydrogen) atoms. The maximum Gasteiger partial charge on any atom is 0.222 e. The number of carbonyl (C=O) groups excluding carboxylic acids is 2. The van der Waals surface area contributed by atoms with Crippen molar-refractivity contribution in [3.8, 4) is 0 Å².